The Hall–Kier alpha value is -1.14. The van der Waals surface area contributed by atoms with E-state index in [4.69, 9.17) is 0 Å². The zero-order valence-corrected chi connectivity index (χ0v) is 14.0. The molecule has 0 aromatic carbocycles. The second kappa shape index (κ2) is 6.32. The number of anilines is 1. The Morgan fingerprint density at radius 2 is 1.95 bits per heavy atom. The smallest absolute Gasteiger partial charge is 0.244 e. The molecule has 1 N–H and O–H groups in total. The zero-order valence-electron chi connectivity index (χ0n) is 13.2. The van der Waals surface area contributed by atoms with Crippen molar-refractivity contribution in [1.29, 1.82) is 0 Å². The standard InChI is InChI=1S/C15H25N3O2S/c1-11-6-5-7-14(12(11)2)17-15-9-8-13(10-16-15)21(19,20)18(3)4/h8-12,14H,5-7H2,1-4H3,(H,16,17). The molecule has 0 aliphatic heterocycles. The van der Waals surface area contributed by atoms with Crippen LogP contribution in [0.5, 0.6) is 0 Å². The van der Waals surface area contributed by atoms with Crippen LogP contribution in [0.4, 0.5) is 5.82 Å². The molecule has 1 fully saturated rings. The second-order valence-corrected chi connectivity index (χ2v) is 8.34. The third-order valence-electron chi connectivity index (χ3n) is 4.56. The van der Waals surface area contributed by atoms with Gasteiger partial charge in [0.25, 0.3) is 0 Å². The Bertz CT molecular complexity index is 569. The fraction of sp³-hybridized carbons (Fsp3) is 0.667. The molecule has 1 saturated carbocycles. The molecule has 6 heteroatoms. The largest absolute Gasteiger partial charge is 0.367 e. The molecule has 3 atom stereocenters. The molecule has 0 spiro atoms. The van der Waals surface area contributed by atoms with Crippen LogP contribution >= 0.6 is 0 Å². The molecule has 5 nitrogen and oxygen atoms in total. The lowest BCUT2D eigenvalue weighted by Gasteiger charge is -2.34. The van der Waals surface area contributed by atoms with E-state index >= 15 is 0 Å². The first-order valence-corrected chi connectivity index (χ1v) is 8.91. The highest BCUT2D eigenvalue weighted by atomic mass is 32.2. The lowest BCUT2D eigenvalue weighted by atomic mass is 9.78. The van der Waals surface area contributed by atoms with Gasteiger partial charge >= 0.3 is 0 Å². The summed E-state index contributed by atoms with van der Waals surface area (Å²) < 4.78 is 25.2. The molecular weight excluding hydrogens is 286 g/mol. The summed E-state index contributed by atoms with van der Waals surface area (Å²) in [5, 5.41) is 3.45. The number of sulfonamides is 1. The minimum atomic E-state index is -3.40. The molecule has 0 amide bonds. The van der Waals surface area contributed by atoms with E-state index in [0.717, 1.165) is 12.2 Å². The van der Waals surface area contributed by atoms with Crippen molar-refractivity contribution in [1.82, 2.24) is 9.29 Å². The SMILES string of the molecule is CC1CCCC(Nc2ccc(S(=O)(=O)N(C)C)cn2)C1C. The number of nitrogens with one attached hydrogen (secondary N) is 1. The highest BCUT2D eigenvalue weighted by Gasteiger charge is 2.27. The van der Waals surface area contributed by atoms with Crippen molar-refractivity contribution in [2.45, 2.75) is 44.0 Å². The van der Waals surface area contributed by atoms with Gasteiger partial charge in [-0.2, -0.15) is 0 Å². The fourth-order valence-electron chi connectivity index (χ4n) is 2.80. The third-order valence-corrected chi connectivity index (χ3v) is 6.35. The third kappa shape index (κ3) is 3.55. The van der Waals surface area contributed by atoms with Crippen LogP contribution in [0, 0.1) is 11.8 Å². The van der Waals surface area contributed by atoms with Crippen molar-refractivity contribution >= 4 is 15.8 Å². The van der Waals surface area contributed by atoms with Gasteiger partial charge in [0.1, 0.15) is 10.7 Å². The maximum atomic E-state index is 12.0. The number of pyridine rings is 1. The van der Waals surface area contributed by atoms with Gasteiger partial charge in [-0.05, 0) is 30.4 Å². The first-order chi connectivity index (χ1) is 9.82. The maximum absolute atomic E-state index is 12.0. The fourth-order valence-corrected chi connectivity index (χ4v) is 3.65. The summed E-state index contributed by atoms with van der Waals surface area (Å²) in [5.41, 5.74) is 0. The minimum Gasteiger partial charge on any atom is -0.367 e. The van der Waals surface area contributed by atoms with Crippen LogP contribution in [0.1, 0.15) is 33.1 Å². The zero-order chi connectivity index (χ0) is 15.6. The second-order valence-electron chi connectivity index (χ2n) is 6.18. The van der Waals surface area contributed by atoms with Crippen molar-refractivity contribution in [3.8, 4) is 0 Å². The van der Waals surface area contributed by atoms with Gasteiger partial charge in [-0.1, -0.05) is 26.7 Å². The van der Waals surface area contributed by atoms with Crippen molar-refractivity contribution in [2.24, 2.45) is 11.8 Å². The molecule has 1 aromatic heterocycles. The highest BCUT2D eigenvalue weighted by Crippen LogP contribution is 2.31. The number of hydrogen-bond donors (Lipinski definition) is 1. The van der Waals surface area contributed by atoms with Crippen LogP contribution < -0.4 is 5.32 Å². The molecule has 0 bridgehead atoms. The van der Waals surface area contributed by atoms with Crippen molar-refractivity contribution in [3.05, 3.63) is 18.3 Å². The molecule has 0 radical (unpaired) electrons. The van der Waals surface area contributed by atoms with Gasteiger partial charge in [-0.15, -0.1) is 0 Å². The molecule has 118 valence electrons. The Morgan fingerprint density at radius 1 is 1.24 bits per heavy atom. The van der Waals surface area contributed by atoms with E-state index in [1.165, 1.54) is 37.4 Å². The molecule has 21 heavy (non-hydrogen) atoms. The summed E-state index contributed by atoms with van der Waals surface area (Å²) >= 11 is 0. The van der Waals surface area contributed by atoms with Gasteiger partial charge < -0.3 is 5.32 Å². The summed E-state index contributed by atoms with van der Waals surface area (Å²) in [7, 11) is -0.362. The number of rotatable bonds is 4. The van der Waals surface area contributed by atoms with Gasteiger partial charge in [-0.3, -0.25) is 0 Å². The van der Waals surface area contributed by atoms with Gasteiger partial charge in [0.15, 0.2) is 0 Å². The molecule has 1 heterocycles. The average molecular weight is 311 g/mol. The van der Waals surface area contributed by atoms with Gasteiger partial charge in [0, 0.05) is 26.3 Å². The molecule has 1 aromatic rings. The van der Waals surface area contributed by atoms with E-state index in [1.807, 2.05) is 0 Å². The number of aromatic nitrogens is 1. The Morgan fingerprint density at radius 3 is 2.52 bits per heavy atom. The average Bonchev–Trinajstić information content (AvgIpc) is 2.44. The predicted octanol–water partition coefficient (Wildman–Crippen LogP) is 2.57. The van der Waals surface area contributed by atoms with E-state index in [0.29, 0.717) is 17.9 Å². The van der Waals surface area contributed by atoms with Crippen molar-refractivity contribution in [3.63, 3.8) is 0 Å². The molecular formula is C15H25N3O2S. The highest BCUT2D eigenvalue weighted by molar-refractivity contribution is 7.89. The Balaban J connectivity index is 2.10. The minimum absolute atomic E-state index is 0.225. The summed E-state index contributed by atoms with van der Waals surface area (Å²) in [6.45, 7) is 4.56. The molecule has 1 aliphatic rings. The predicted molar refractivity (Wildman–Crippen MR) is 84.7 cm³/mol. The summed E-state index contributed by atoms with van der Waals surface area (Å²) in [6.07, 6.45) is 5.09. The lowest BCUT2D eigenvalue weighted by Crippen LogP contribution is -2.35. The Labute approximate surface area is 127 Å². The molecule has 2 rings (SSSR count). The van der Waals surface area contributed by atoms with Gasteiger partial charge in [0.05, 0.1) is 0 Å². The van der Waals surface area contributed by atoms with Crippen LogP contribution in [0.2, 0.25) is 0 Å². The summed E-state index contributed by atoms with van der Waals surface area (Å²) in [6, 6.07) is 3.78. The van der Waals surface area contributed by atoms with Crippen molar-refractivity contribution in [2.75, 3.05) is 19.4 Å². The van der Waals surface area contributed by atoms with Gasteiger partial charge in [0.2, 0.25) is 10.0 Å². The van der Waals surface area contributed by atoms with Crippen LogP contribution in [0.15, 0.2) is 23.2 Å². The lowest BCUT2D eigenvalue weighted by molar-refractivity contribution is 0.253. The van der Waals surface area contributed by atoms with E-state index < -0.39 is 10.0 Å². The maximum Gasteiger partial charge on any atom is 0.244 e. The Kier molecular flexibility index (Phi) is 4.88. The number of nitrogens with zero attached hydrogens (tertiary/aromatic N) is 2. The topological polar surface area (TPSA) is 62.3 Å². The number of hydrogen-bond acceptors (Lipinski definition) is 4. The van der Waals surface area contributed by atoms with E-state index in [2.05, 4.69) is 24.1 Å². The molecule has 3 unspecified atom stereocenters. The van der Waals surface area contributed by atoms with E-state index in [9.17, 15) is 8.42 Å². The van der Waals surface area contributed by atoms with Crippen LogP contribution in [-0.2, 0) is 10.0 Å². The normalized spacial score (nSPS) is 26.8. The molecule has 1 aliphatic carbocycles. The van der Waals surface area contributed by atoms with Crippen LogP contribution in [-0.4, -0.2) is 37.8 Å². The monoisotopic (exact) mass is 311 g/mol. The van der Waals surface area contributed by atoms with Crippen LogP contribution in [0.3, 0.4) is 0 Å². The van der Waals surface area contributed by atoms with Crippen molar-refractivity contribution < 1.29 is 8.42 Å². The van der Waals surface area contributed by atoms with E-state index in [-0.39, 0.29) is 4.90 Å². The summed E-state index contributed by atoms with van der Waals surface area (Å²) in [4.78, 5) is 4.49. The first kappa shape index (κ1) is 16.2. The summed E-state index contributed by atoms with van der Waals surface area (Å²) in [5.74, 6) is 2.06. The van der Waals surface area contributed by atoms with Crippen LogP contribution in [0.25, 0.3) is 0 Å². The van der Waals surface area contributed by atoms with E-state index in [1.54, 1.807) is 12.1 Å². The molecule has 0 saturated heterocycles. The quantitative estimate of drug-likeness (QED) is 0.928. The first-order valence-electron chi connectivity index (χ1n) is 7.47. The van der Waals surface area contributed by atoms with Gasteiger partial charge in [-0.25, -0.2) is 17.7 Å².